The van der Waals surface area contributed by atoms with Crippen molar-refractivity contribution < 1.29 is 14.3 Å². The van der Waals surface area contributed by atoms with Crippen molar-refractivity contribution in [1.82, 2.24) is 20.6 Å². The van der Waals surface area contributed by atoms with Crippen molar-refractivity contribution in [3.63, 3.8) is 0 Å². The first-order valence-corrected chi connectivity index (χ1v) is 11.5. The molecule has 0 unspecified atom stereocenters. The van der Waals surface area contributed by atoms with Gasteiger partial charge in [0.05, 0.1) is 7.11 Å². The maximum Gasteiger partial charge on any atom is 0.225 e. The maximum atomic E-state index is 12.2. The number of carbonyl (C=O) groups excluding carboxylic acids is 2. The number of hydrogen-bond donors (Lipinski definition) is 2. The molecule has 7 nitrogen and oxygen atoms in total. The van der Waals surface area contributed by atoms with Crippen molar-refractivity contribution in [2.24, 2.45) is 10.8 Å². The van der Waals surface area contributed by atoms with E-state index in [1.54, 1.807) is 37.5 Å². The molecular formula is C24H34N4O3S. The van der Waals surface area contributed by atoms with Crippen molar-refractivity contribution in [3.8, 4) is 5.88 Å². The Morgan fingerprint density at radius 1 is 0.969 bits per heavy atom. The fourth-order valence-corrected chi connectivity index (χ4v) is 3.61. The number of rotatable bonds is 8. The molecule has 0 fully saturated rings. The average molecular weight is 459 g/mol. The predicted molar refractivity (Wildman–Crippen MR) is 127 cm³/mol. The summed E-state index contributed by atoms with van der Waals surface area (Å²) in [6, 6.07) is 3.95. The van der Waals surface area contributed by atoms with Crippen LogP contribution >= 0.6 is 11.8 Å². The molecule has 32 heavy (non-hydrogen) atoms. The Balaban J connectivity index is 2.08. The zero-order valence-electron chi connectivity index (χ0n) is 20.0. The van der Waals surface area contributed by atoms with Gasteiger partial charge in [0, 0.05) is 64.3 Å². The van der Waals surface area contributed by atoms with E-state index in [1.165, 1.54) is 0 Å². The van der Waals surface area contributed by atoms with E-state index < -0.39 is 10.8 Å². The number of ether oxygens (including phenoxy) is 1. The van der Waals surface area contributed by atoms with Gasteiger partial charge in [-0.1, -0.05) is 41.5 Å². The number of nitrogens with one attached hydrogen (secondary N) is 2. The molecule has 0 aromatic carbocycles. The largest absolute Gasteiger partial charge is 0.481 e. The molecule has 2 amide bonds. The molecule has 2 heterocycles. The number of methoxy groups -OCH3 is 1. The number of carbonyl (C=O) groups is 2. The number of hydrogen-bond acceptors (Lipinski definition) is 6. The molecule has 174 valence electrons. The molecule has 2 rings (SSSR count). The van der Waals surface area contributed by atoms with Crippen molar-refractivity contribution in [2.75, 3.05) is 7.11 Å². The Hall–Kier alpha value is -2.61. The first kappa shape index (κ1) is 25.6. The number of aromatic nitrogens is 2. The van der Waals surface area contributed by atoms with Crippen molar-refractivity contribution in [3.05, 3.63) is 47.4 Å². The summed E-state index contributed by atoms with van der Waals surface area (Å²) >= 11 is 1.65. The molecule has 0 aliphatic carbocycles. The van der Waals surface area contributed by atoms with Crippen LogP contribution in [0.5, 0.6) is 5.88 Å². The van der Waals surface area contributed by atoms with Gasteiger partial charge in [0.2, 0.25) is 17.7 Å². The highest BCUT2D eigenvalue weighted by Crippen LogP contribution is 2.27. The summed E-state index contributed by atoms with van der Waals surface area (Å²) in [6.07, 6.45) is 5.31. The molecule has 2 aromatic rings. The summed E-state index contributed by atoms with van der Waals surface area (Å²) in [7, 11) is 1.57. The second-order valence-electron chi connectivity index (χ2n) is 9.65. The summed E-state index contributed by atoms with van der Waals surface area (Å²) in [6.45, 7) is 12.1. The lowest BCUT2D eigenvalue weighted by Crippen LogP contribution is -2.34. The zero-order chi connectivity index (χ0) is 23.9. The fraction of sp³-hybridized carbons (Fsp3) is 0.500. The lowest BCUT2D eigenvalue weighted by Gasteiger charge is -2.19. The molecular weight excluding hydrogens is 424 g/mol. The van der Waals surface area contributed by atoms with Crippen LogP contribution in [0.3, 0.4) is 0 Å². The van der Waals surface area contributed by atoms with Crippen LogP contribution in [0.2, 0.25) is 0 Å². The van der Waals surface area contributed by atoms with Gasteiger partial charge >= 0.3 is 0 Å². The minimum atomic E-state index is -0.464. The van der Waals surface area contributed by atoms with Crippen LogP contribution in [0.25, 0.3) is 0 Å². The van der Waals surface area contributed by atoms with Crippen LogP contribution in [0.15, 0.2) is 35.6 Å². The number of thioether (sulfide) groups is 1. The zero-order valence-corrected chi connectivity index (χ0v) is 20.9. The Labute approximate surface area is 195 Å². The van der Waals surface area contributed by atoms with Gasteiger partial charge in [-0.25, -0.2) is 4.98 Å². The van der Waals surface area contributed by atoms with Crippen LogP contribution in [0, 0.1) is 10.8 Å². The van der Waals surface area contributed by atoms with E-state index in [0.29, 0.717) is 24.7 Å². The number of amides is 2. The third-order valence-corrected chi connectivity index (χ3v) is 5.86. The molecule has 0 aliphatic heterocycles. The summed E-state index contributed by atoms with van der Waals surface area (Å²) in [5, 5.41) is 5.93. The Kier molecular flexibility index (Phi) is 8.66. The first-order valence-electron chi connectivity index (χ1n) is 10.6. The van der Waals surface area contributed by atoms with Crippen molar-refractivity contribution >= 4 is 23.6 Å². The third kappa shape index (κ3) is 7.51. The lowest BCUT2D eigenvalue weighted by molar-refractivity contribution is -0.129. The minimum Gasteiger partial charge on any atom is -0.481 e. The Morgan fingerprint density at radius 3 is 2.12 bits per heavy atom. The van der Waals surface area contributed by atoms with E-state index in [1.807, 2.05) is 53.7 Å². The summed E-state index contributed by atoms with van der Waals surface area (Å²) in [4.78, 5) is 34.1. The van der Waals surface area contributed by atoms with Gasteiger partial charge in [-0.05, 0) is 17.7 Å². The molecule has 0 aliphatic rings. The summed E-state index contributed by atoms with van der Waals surface area (Å²) in [5.74, 6) is 1.15. The standard InChI is InChI=1S/C24H34N4O3S/c1-23(2,3)21(29)27-13-17-10-16(11-26-20(17)31-7)15-32-19-8-9-25-12-18(19)14-28-22(30)24(4,5)6/h8-12H,13-15H2,1-7H3,(H,27,29)(H,28,30). The number of pyridine rings is 2. The van der Waals surface area contributed by atoms with E-state index in [-0.39, 0.29) is 11.8 Å². The fourth-order valence-electron chi connectivity index (χ4n) is 2.67. The van der Waals surface area contributed by atoms with Crippen molar-refractivity contribution in [1.29, 1.82) is 0 Å². The SMILES string of the molecule is COc1ncc(CSc2ccncc2CNC(=O)C(C)(C)C)cc1CNC(=O)C(C)(C)C. The van der Waals surface area contributed by atoms with Gasteiger partial charge in [0.15, 0.2) is 0 Å². The molecule has 8 heteroatoms. The molecule has 2 N–H and O–H groups in total. The van der Waals surface area contributed by atoms with Crippen LogP contribution in [-0.2, 0) is 28.4 Å². The summed E-state index contributed by atoms with van der Waals surface area (Å²) < 4.78 is 5.36. The first-order chi connectivity index (χ1) is 14.9. The molecule has 0 bridgehead atoms. The highest BCUT2D eigenvalue weighted by molar-refractivity contribution is 7.98. The van der Waals surface area contributed by atoms with Gasteiger partial charge < -0.3 is 15.4 Å². The molecule has 0 saturated heterocycles. The Bertz CT molecular complexity index is 949. The van der Waals surface area contributed by atoms with Crippen LogP contribution in [0.4, 0.5) is 0 Å². The normalized spacial score (nSPS) is 11.7. The highest BCUT2D eigenvalue weighted by atomic mass is 32.2. The third-order valence-electron chi connectivity index (χ3n) is 4.67. The predicted octanol–water partition coefficient (Wildman–Crippen LogP) is 4.10. The van der Waals surface area contributed by atoms with Gasteiger partial charge in [0.1, 0.15) is 0 Å². The van der Waals surface area contributed by atoms with E-state index in [0.717, 1.165) is 21.6 Å². The van der Waals surface area contributed by atoms with Crippen LogP contribution in [0.1, 0.15) is 58.2 Å². The van der Waals surface area contributed by atoms with E-state index in [2.05, 4.69) is 20.6 Å². The van der Waals surface area contributed by atoms with Gasteiger partial charge in [0.25, 0.3) is 0 Å². The second-order valence-corrected chi connectivity index (χ2v) is 10.7. The quantitative estimate of drug-likeness (QED) is 0.579. The minimum absolute atomic E-state index is 0.00129. The number of nitrogens with zero attached hydrogens (tertiary/aromatic N) is 2. The van der Waals surface area contributed by atoms with Gasteiger partial charge in [-0.15, -0.1) is 11.8 Å². The molecule has 0 saturated carbocycles. The van der Waals surface area contributed by atoms with E-state index in [9.17, 15) is 9.59 Å². The second kappa shape index (κ2) is 10.8. The molecule has 0 atom stereocenters. The smallest absolute Gasteiger partial charge is 0.225 e. The monoisotopic (exact) mass is 458 g/mol. The van der Waals surface area contributed by atoms with Gasteiger partial charge in [-0.3, -0.25) is 14.6 Å². The average Bonchev–Trinajstić information content (AvgIpc) is 2.73. The van der Waals surface area contributed by atoms with Crippen molar-refractivity contribution in [2.45, 2.75) is 65.3 Å². The lowest BCUT2D eigenvalue weighted by atomic mass is 9.95. The maximum absolute atomic E-state index is 12.2. The molecule has 2 aromatic heterocycles. The highest BCUT2D eigenvalue weighted by Gasteiger charge is 2.22. The molecule has 0 radical (unpaired) electrons. The van der Waals surface area contributed by atoms with E-state index >= 15 is 0 Å². The summed E-state index contributed by atoms with van der Waals surface area (Å²) in [5.41, 5.74) is 1.90. The van der Waals surface area contributed by atoms with Crippen LogP contribution in [-0.4, -0.2) is 28.9 Å². The van der Waals surface area contributed by atoms with Crippen LogP contribution < -0.4 is 15.4 Å². The Morgan fingerprint density at radius 2 is 1.56 bits per heavy atom. The molecule has 0 spiro atoms. The van der Waals surface area contributed by atoms with E-state index in [4.69, 9.17) is 4.74 Å². The topological polar surface area (TPSA) is 93.2 Å². The van der Waals surface area contributed by atoms with Gasteiger partial charge in [-0.2, -0.15) is 0 Å².